The monoisotopic (exact) mass is 371 g/mol. The van der Waals surface area contributed by atoms with Crippen molar-refractivity contribution in [3.05, 3.63) is 81.6 Å². The molecule has 0 saturated heterocycles. The average Bonchev–Trinajstić information content (AvgIpc) is 3.17. The molecular formula is C18H14ClN3O4. The lowest BCUT2D eigenvalue weighted by Crippen LogP contribution is -2.14. The molecule has 0 bridgehead atoms. The Bertz CT molecular complexity index is 971. The van der Waals surface area contributed by atoms with Gasteiger partial charge in [-0.25, -0.2) is 0 Å². The molecule has 1 heterocycles. The summed E-state index contributed by atoms with van der Waals surface area (Å²) >= 11 is 6.06. The number of hydrogen-bond acceptors (Lipinski definition) is 4. The second-order valence-electron chi connectivity index (χ2n) is 5.35. The van der Waals surface area contributed by atoms with E-state index in [1.54, 1.807) is 22.8 Å². The highest BCUT2D eigenvalue weighted by molar-refractivity contribution is 6.31. The molecule has 2 aromatic carbocycles. The summed E-state index contributed by atoms with van der Waals surface area (Å²) in [6.07, 6.45) is 3.64. The van der Waals surface area contributed by atoms with Crippen molar-refractivity contribution < 1.29 is 14.5 Å². The van der Waals surface area contributed by atoms with Crippen molar-refractivity contribution in [2.75, 3.05) is 12.4 Å². The van der Waals surface area contributed by atoms with Gasteiger partial charge in [0, 0.05) is 29.0 Å². The second-order valence-corrected chi connectivity index (χ2v) is 5.79. The first kappa shape index (κ1) is 17.5. The number of amides is 1. The van der Waals surface area contributed by atoms with E-state index in [1.165, 1.54) is 25.3 Å². The molecule has 1 amide bonds. The minimum absolute atomic E-state index is 0.0890. The first-order valence-corrected chi connectivity index (χ1v) is 7.94. The number of carbonyl (C=O) groups is 1. The molecule has 3 aromatic rings. The summed E-state index contributed by atoms with van der Waals surface area (Å²) in [5.74, 6) is -0.391. The van der Waals surface area contributed by atoms with Crippen LogP contribution >= 0.6 is 11.6 Å². The minimum Gasteiger partial charge on any atom is -0.490 e. The van der Waals surface area contributed by atoms with Crippen LogP contribution < -0.4 is 10.1 Å². The summed E-state index contributed by atoms with van der Waals surface area (Å²) in [6.45, 7) is 0. The fourth-order valence-electron chi connectivity index (χ4n) is 2.49. The Morgan fingerprint density at radius 2 is 1.92 bits per heavy atom. The van der Waals surface area contributed by atoms with Gasteiger partial charge in [0.05, 0.1) is 23.4 Å². The maximum Gasteiger partial charge on any atom is 0.311 e. The highest BCUT2D eigenvalue weighted by atomic mass is 35.5. The molecular weight excluding hydrogens is 358 g/mol. The molecule has 3 rings (SSSR count). The first-order chi connectivity index (χ1) is 12.5. The lowest BCUT2D eigenvalue weighted by atomic mass is 10.1. The lowest BCUT2D eigenvalue weighted by Gasteiger charge is -2.13. The summed E-state index contributed by atoms with van der Waals surface area (Å²) in [5.41, 5.74) is 1.07. The summed E-state index contributed by atoms with van der Waals surface area (Å²) in [6, 6.07) is 12.8. The number of carbonyl (C=O) groups excluding carboxylic acids is 1. The number of ether oxygens (including phenoxy) is 1. The van der Waals surface area contributed by atoms with Crippen LogP contribution in [0, 0.1) is 10.1 Å². The van der Waals surface area contributed by atoms with E-state index in [2.05, 4.69) is 5.32 Å². The van der Waals surface area contributed by atoms with Crippen LogP contribution in [-0.4, -0.2) is 22.5 Å². The summed E-state index contributed by atoms with van der Waals surface area (Å²) in [5, 5.41) is 14.4. The van der Waals surface area contributed by atoms with Crippen LogP contribution in [0.5, 0.6) is 5.75 Å². The standard InChI is InChI=1S/C18H14ClN3O4/c1-26-17-7-4-12(10-16(17)22(24)25)18(23)20-14-6-5-13(19)11-15(14)21-8-2-3-9-21/h2-11H,1H3,(H,20,23). The van der Waals surface area contributed by atoms with Crippen molar-refractivity contribution >= 4 is 28.9 Å². The number of aromatic nitrogens is 1. The quantitative estimate of drug-likeness (QED) is 0.535. The molecule has 1 aromatic heterocycles. The van der Waals surface area contributed by atoms with E-state index in [-0.39, 0.29) is 17.0 Å². The number of nitrogens with one attached hydrogen (secondary N) is 1. The SMILES string of the molecule is COc1ccc(C(=O)Nc2ccc(Cl)cc2-n2cccc2)cc1[N+](=O)[O-]. The number of halogens is 1. The minimum atomic E-state index is -0.594. The molecule has 8 heteroatoms. The molecule has 1 N–H and O–H groups in total. The first-order valence-electron chi connectivity index (χ1n) is 7.56. The van der Waals surface area contributed by atoms with Crippen LogP contribution in [0.2, 0.25) is 5.02 Å². The third kappa shape index (κ3) is 3.52. The lowest BCUT2D eigenvalue weighted by molar-refractivity contribution is -0.385. The Labute approximate surface area is 153 Å². The average molecular weight is 372 g/mol. The molecule has 0 radical (unpaired) electrons. The van der Waals surface area contributed by atoms with E-state index in [1.807, 2.05) is 24.5 Å². The third-order valence-electron chi connectivity index (χ3n) is 3.73. The predicted molar refractivity (Wildman–Crippen MR) is 98.4 cm³/mol. The zero-order valence-corrected chi connectivity index (χ0v) is 14.4. The van der Waals surface area contributed by atoms with Gasteiger partial charge in [-0.2, -0.15) is 0 Å². The number of methoxy groups -OCH3 is 1. The van der Waals surface area contributed by atoms with Gasteiger partial charge in [-0.3, -0.25) is 14.9 Å². The number of anilines is 1. The number of hydrogen-bond donors (Lipinski definition) is 1. The van der Waals surface area contributed by atoms with Gasteiger partial charge >= 0.3 is 5.69 Å². The van der Waals surface area contributed by atoms with Crippen LogP contribution in [0.25, 0.3) is 5.69 Å². The topological polar surface area (TPSA) is 86.4 Å². The molecule has 0 atom stereocenters. The van der Waals surface area contributed by atoms with Crippen molar-refractivity contribution in [3.8, 4) is 11.4 Å². The van der Waals surface area contributed by atoms with E-state index in [9.17, 15) is 14.9 Å². The molecule has 0 saturated carbocycles. The Hall–Kier alpha value is -3.32. The van der Waals surface area contributed by atoms with Crippen LogP contribution in [0.15, 0.2) is 60.9 Å². The fraction of sp³-hybridized carbons (Fsp3) is 0.0556. The van der Waals surface area contributed by atoms with Gasteiger partial charge in [0.25, 0.3) is 5.91 Å². The highest BCUT2D eigenvalue weighted by Crippen LogP contribution is 2.29. The fourth-order valence-corrected chi connectivity index (χ4v) is 2.65. The van der Waals surface area contributed by atoms with Gasteiger partial charge in [0.1, 0.15) is 0 Å². The summed E-state index contributed by atoms with van der Waals surface area (Å²) in [7, 11) is 1.33. The van der Waals surface area contributed by atoms with Crippen molar-refractivity contribution in [2.45, 2.75) is 0 Å². The van der Waals surface area contributed by atoms with E-state index >= 15 is 0 Å². The smallest absolute Gasteiger partial charge is 0.311 e. The summed E-state index contributed by atoms with van der Waals surface area (Å²) in [4.78, 5) is 23.1. The largest absolute Gasteiger partial charge is 0.490 e. The Balaban J connectivity index is 1.94. The summed E-state index contributed by atoms with van der Waals surface area (Å²) < 4.78 is 6.75. The normalized spacial score (nSPS) is 10.4. The van der Waals surface area contributed by atoms with Gasteiger partial charge in [0.2, 0.25) is 0 Å². The Morgan fingerprint density at radius 3 is 2.58 bits per heavy atom. The van der Waals surface area contributed by atoms with Crippen molar-refractivity contribution in [2.24, 2.45) is 0 Å². The predicted octanol–water partition coefficient (Wildman–Crippen LogP) is 4.30. The molecule has 0 aliphatic carbocycles. The second kappa shape index (κ2) is 7.28. The molecule has 0 fully saturated rings. The number of nitro groups is 1. The molecule has 0 aliphatic rings. The van der Waals surface area contributed by atoms with E-state index in [0.717, 1.165) is 0 Å². The van der Waals surface area contributed by atoms with Crippen LogP contribution in [0.1, 0.15) is 10.4 Å². The van der Waals surface area contributed by atoms with Gasteiger partial charge in [-0.1, -0.05) is 11.6 Å². The highest BCUT2D eigenvalue weighted by Gasteiger charge is 2.19. The van der Waals surface area contributed by atoms with Crippen molar-refractivity contribution in [3.63, 3.8) is 0 Å². The van der Waals surface area contributed by atoms with Gasteiger partial charge in [-0.05, 0) is 42.5 Å². The Morgan fingerprint density at radius 1 is 1.19 bits per heavy atom. The zero-order chi connectivity index (χ0) is 18.7. The van der Waals surface area contributed by atoms with Gasteiger partial charge in [-0.15, -0.1) is 0 Å². The zero-order valence-electron chi connectivity index (χ0n) is 13.7. The number of benzene rings is 2. The van der Waals surface area contributed by atoms with E-state index in [4.69, 9.17) is 16.3 Å². The van der Waals surface area contributed by atoms with Crippen LogP contribution in [0.3, 0.4) is 0 Å². The van der Waals surface area contributed by atoms with Crippen LogP contribution in [-0.2, 0) is 0 Å². The maximum absolute atomic E-state index is 12.6. The van der Waals surface area contributed by atoms with E-state index in [0.29, 0.717) is 16.4 Å². The molecule has 132 valence electrons. The maximum atomic E-state index is 12.6. The van der Waals surface area contributed by atoms with Gasteiger partial charge in [0.15, 0.2) is 5.75 Å². The molecule has 26 heavy (non-hydrogen) atoms. The van der Waals surface area contributed by atoms with Gasteiger partial charge < -0.3 is 14.6 Å². The van der Waals surface area contributed by atoms with Crippen molar-refractivity contribution in [1.82, 2.24) is 4.57 Å². The third-order valence-corrected chi connectivity index (χ3v) is 3.96. The number of nitrogens with zero attached hydrogens (tertiary/aromatic N) is 2. The van der Waals surface area contributed by atoms with E-state index < -0.39 is 10.8 Å². The van der Waals surface area contributed by atoms with Crippen LogP contribution in [0.4, 0.5) is 11.4 Å². The number of rotatable bonds is 5. The number of nitro benzene ring substituents is 1. The Kier molecular flexibility index (Phi) is 4.90. The molecule has 0 unspecified atom stereocenters. The molecule has 7 nitrogen and oxygen atoms in total. The van der Waals surface area contributed by atoms with Crippen molar-refractivity contribution in [1.29, 1.82) is 0 Å². The molecule has 0 aliphatic heterocycles. The molecule has 0 spiro atoms.